The Balaban J connectivity index is 4.05. The minimum atomic E-state index is -0.293. The van der Waals surface area contributed by atoms with Crippen molar-refractivity contribution in [1.29, 1.82) is 0 Å². The van der Waals surface area contributed by atoms with Gasteiger partial charge in [-0.2, -0.15) is 0 Å². The maximum absolute atomic E-state index is 10.7. The molecule has 0 fully saturated rings. The van der Waals surface area contributed by atoms with E-state index in [2.05, 4.69) is 6.92 Å². The molecule has 0 aliphatic rings. The van der Waals surface area contributed by atoms with E-state index in [1.54, 1.807) is 6.92 Å². The first-order valence-electron chi connectivity index (χ1n) is 4.05. The number of rotatable bonds is 4. The van der Waals surface area contributed by atoms with Crippen LogP contribution in [0.4, 0.5) is 0 Å². The zero-order chi connectivity index (χ0) is 8.85. The van der Waals surface area contributed by atoms with Crippen molar-refractivity contribution in [2.45, 2.75) is 40.0 Å². The van der Waals surface area contributed by atoms with E-state index in [1.165, 1.54) is 0 Å². The Labute approximate surface area is 68.5 Å². The molecule has 0 saturated carbocycles. The first kappa shape index (κ1) is 10.2. The fraction of sp³-hybridized carbons (Fsp3) is 0.667. The second-order valence-corrected chi connectivity index (χ2v) is 2.87. The first-order chi connectivity index (χ1) is 5.09. The van der Waals surface area contributed by atoms with Crippen LogP contribution >= 0.6 is 0 Å². The van der Waals surface area contributed by atoms with Gasteiger partial charge in [-0.25, -0.2) is 0 Å². The second kappa shape index (κ2) is 4.94. The molecule has 0 rings (SSSR count). The van der Waals surface area contributed by atoms with E-state index in [4.69, 9.17) is 5.73 Å². The lowest BCUT2D eigenvalue weighted by atomic mass is 10.1. The van der Waals surface area contributed by atoms with Crippen LogP contribution in [0.15, 0.2) is 11.1 Å². The Hall–Kier alpha value is -0.790. The molecule has 11 heavy (non-hydrogen) atoms. The van der Waals surface area contributed by atoms with Crippen LogP contribution in [0.1, 0.15) is 40.0 Å². The van der Waals surface area contributed by atoms with Gasteiger partial charge in [0.05, 0.1) is 0 Å². The molecule has 0 radical (unpaired) electrons. The van der Waals surface area contributed by atoms with Crippen molar-refractivity contribution in [2.75, 3.05) is 0 Å². The molecular weight excluding hydrogens is 138 g/mol. The molecule has 1 amide bonds. The summed E-state index contributed by atoms with van der Waals surface area (Å²) in [7, 11) is 0. The number of unbranched alkanes of at least 4 members (excludes halogenated alkanes) is 1. The highest BCUT2D eigenvalue weighted by molar-refractivity contribution is 5.91. The predicted octanol–water partition coefficient (Wildman–Crippen LogP) is 2.00. The van der Waals surface area contributed by atoms with E-state index in [9.17, 15) is 4.79 Å². The molecule has 0 spiro atoms. The summed E-state index contributed by atoms with van der Waals surface area (Å²) in [6, 6.07) is 0. The zero-order valence-electron chi connectivity index (χ0n) is 7.61. The van der Waals surface area contributed by atoms with Gasteiger partial charge in [0.2, 0.25) is 5.91 Å². The zero-order valence-corrected chi connectivity index (χ0v) is 7.61. The summed E-state index contributed by atoms with van der Waals surface area (Å²) in [6.07, 6.45) is 3.28. The molecule has 0 atom stereocenters. The van der Waals surface area contributed by atoms with Crippen LogP contribution in [-0.2, 0) is 4.79 Å². The lowest BCUT2D eigenvalue weighted by Crippen LogP contribution is -2.13. The number of nitrogens with two attached hydrogens (primary N) is 1. The Kier molecular flexibility index (Phi) is 4.59. The van der Waals surface area contributed by atoms with Crippen molar-refractivity contribution in [2.24, 2.45) is 5.73 Å². The molecule has 0 heterocycles. The van der Waals surface area contributed by atoms with Gasteiger partial charge in [0.15, 0.2) is 0 Å². The Morgan fingerprint density at radius 2 is 1.91 bits per heavy atom. The van der Waals surface area contributed by atoms with Crippen molar-refractivity contribution in [3.05, 3.63) is 11.1 Å². The molecule has 0 aliphatic heterocycles. The summed E-state index contributed by atoms with van der Waals surface area (Å²) in [6.45, 7) is 5.88. The Bertz CT molecular complexity index is 170. The van der Waals surface area contributed by atoms with Crippen LogP contribution in [0, 0.1) is 0 Å². The fourth-order valence-electron chi connectivity index (χ4n) is 0.840. The second-order valence-electron chi connectivity index (χ2n) is 2.87. The molecule has 0 saturated heterocycles. The van der Waals surface area contributed by atoms with E-state index in [0.717, 1.165) is 30.4 Å². The normalized spacial score (nSPS) is 12.6. The van der Waals surface area contributed by atoms with Gasteiger partial charge >= 0.3 is 0 Å². The lowest BCUT2D eigenvalue weighted by Gasteiger charge is -2.02. The Morgan fingerprint density at radius 1 is 1.36 bits per heavy atom. The van der Waals surface area contributed by atoms with Crippen molar-refractivity contribution >= 4 is 5.91 Å². The molecule has 0 aliphatic carbocycles. The maximum Gasteiger partial charge on any atom is 0.244 e. The summed E-state index contributed by atoms with van der Waals surface area (Å²) < 4.78 is 0. The van der Waals surface area contributed by atoms with Crippen molar-refractivity contribution in [3.8, 4) is 0 Å². The monoisotopic (exact) mass is 155 g/mol. The van der Waals surface area contributed by atoms with Crippen LogP contribution in [0.25, 0.3) is 0 Å². The largest absolute Gasteiger partial charge is 0.366 e. The minimum Gasteiger partial charge on any atom is -0.366 e. The van der Waals surface area contributed by atoms with Gasteiger partial charge in [-0.1, -0.05) is 18.9 Å². The number of carbonyl (C=O) groups excluding carboxylic acids is 1. The molecule has 2 N–H and O–H groups in total. The summed E-state index contributed by atoms with van der Waals surface area (Å²) in [5.41, 5.74) is 6.96. The molecule has 64 valence electrons. The van der Waals surface area contributed by atoms with E-state index in [0.29, 0.717) is 0 Å². The maximum atomic E-state index is 10.7. The third kappa shape index (κ3) is 3.81. The fourth-order valence-corrected chi connectivity index (χ4v) is 0.840. The smallest absolute Gasteiger partial charge is 0.244 e. The molecule has 2 heteroatoms. The van der Waals surface area contributed by atoms with Gasteiger partial charge in [0.1, 0.15) is 0 Å². The van der Waals surface area contributed by atoms with Crippen LogP contribution in [0.3, 0.4) is 0 Å². The summed E-state index contributed by atoms with van der Waals surface area (Å²) in [5, 5.41) is 0. The summed E-state index contributed by atoms with van der Waals surface area (Å²) in [5.74, 6) is -0.293. The average Bonchev–Trinajstić information content (AvgIpc) is 1.98. The van der Waals surface area contributed by atoms with Crippen molar-refractivity contribution in [3.63, 3.8) is 0 Å². The Morgan fingerprint density at radius 3 is 2.27 bits per heavy atom. The van der Waals surface area contributed by atoms with Crippen molar-refractivity contribution in [1.82, 2.24) is 0 Å². The molecule has 0 bridgehead atoms. The topological polar surface area (TPSA) is 43.1 Å². The quantitative estimate of drug-likeness (QED) is 0.620. The molecular formula is C9H17NO. The molecule has 2 nitrogen and oxygen atoms in total. The summed E-state index contributed by atoms with van der Waals surface area (Å²) in [4.78, 5) is 10.7. The SMILES string of the molecule is CCCCC(C)=C(C)C(N)=O. The van der Waals surface area contributed by atoms with Crippen LogP contribution in [0.2, 0.25) is 0 Å². The van der Waals surface area contributed by atoms with Gasteiger partial charge in [0.25, 0.3) is 0 Å². The van der Waals surface area contributed by atoms with E-state index >= 15 is 0 Å². The van der Waals surface area contributed by atoms with Gasteiger partial charge in [-0.05, 0) is 26.7 Å². The first-order valence-corrected chi connectivity index (χ1v) is 4.05. The number of hydrogen-bond acceptors (Lipinski definition) is 1. The third-order valence-corrected chi connectivity index (χ3v) is 1.92. The molecule has 0 aromatic heterocycles. The van der Waals surface area contributed by atoms with Gasteiger partial charge < -0.3 is 5.73 Å². The minimum absolute atomic E-state index is 0.293. The highest BCUT2D eigenvalue weighted by Crippen LogP contribution is 2.10. The number of hydrogen-bond donors (Lipinski definition) is 1. The lowest BCUT2D eigenvalue weighted by molar-refractivity contribution is -0.114. The van der Waals surface area contributed by atoms with E-state index in [-0.39, 0.29) is 5.91 Å². The highest BCUT2D eigenvalue weighted by Gasteiger charge is 2.01. The molecule has 0 aromatic rings. The predicted molar refractivity (Wildman–Crippen MR) is 47.1 cm³/mol. The number of primary amides is 1. The molecule has 0 aromatic carbocycles. The van der Waals surface area contributed by atoms with Gasteiger partial charge in [-0.3, -0.25) is 4.79 Å². The van der Waals surface area contributed by atoms with Crippen LogP contribution in [0.5, 0.6) is 0 Å². The van der Waals surface area contributed by atoms with E-state index in [1.807, 2.05) is 6.92 Å². The van der Waals surface area contributed by atoms with Crippen molar-refractivity contribution < 1.29 is 4.79 Å². The number of carbonyl (C=O) groups is 1. The highest BCUT2D eigenvalue weighted by atomic mass is 16.1. The standard InChI is InChI=1S/C9H17NO/c1-4-5-6-7(2)8(3)9(10)11/h4-6H2,1-3H3,(H2,10,11). The third-order valence-electron chi connectivity index (χ3n) is 1.92. The molecule has 0 unspecified atom stereocenters. The van der Waals surface area contributed by atoms with Crippen LogP contribution in [-0.4, -0.2) is 5.91 Å². The van der Waals surface area contributed by atoms with Gasteiger partial charge in [-0.15, -0.1) is 0 Å². The number of amides is 1. The van der Waals surface area contributed by atoms with Crippen LogP contribution < -0.4 is 5.73 Å². The van der Waals surface area contributed by atoms with E-state index < -0.39 is 0 Å². The number of allylic oxidation sites excluding steroid dienone is 1. The summed E-state index contributed by atoms with van der Waals surface area (Å²) >= 11 is 0. The van der Waals surface area contributed by atoms with Gasteiger partial charge in [0, 0.05) is 5.57 Å². The average molecular weight is 155 g/mol.